The van der Waals surface area contributed by atoms with E-state index < -0.39 is 23.8 Å². The van der Waals surface area contributed by atoms with Crippen LogP contribution < -0.4 is 5.73 Å². The van der Waals surface area contributed by atoms with Gasteiger partial charge in [0.1, 0.15) is 5.92 Å². The summed E-state index contributed by atoms with van der Waals surface area (Å²) in [7, 11) is 1.31. The molecular formula is C30H40Cl2N2O6. The number of methoxy groups -OCH3 is 1. The molecule has 0 bridgehead atoms. The number of carbonyl (C=O) groups excluding carboxylic acids is 2. The molecule has 2 atom stereocenters. The van der Waals surface area contributed by atoms with Crippen molar-refractivity contribution in [2.75, 3.05) is 46.7 Å². The second-order valence-electron chi connectivity index (χ2n) is 10.8. The summed E-state index contributed by atoms with van der Waals surface area (Å²) in [4.78, 5) is 31.5. The maximum Gasteiger partial charge on any atom is 0.336 e. The van der Waals surface area contributed by atoms with Gasteiger partial charge in [-0.25, -0.2) is 4.79 Å². The highest BCUT2D eigenvalue weighted by molar-refractivity contribution is 6.42. The first-order valence-electron chi connectivity index (χ1n) is 14.2. The Morgan fingerprint density at radius 1 is 1.05 bits per heavy atom. The van der Waals surface area contributed by atoms with Crippen molar-refractivity contribution in [1.82, 2.24) is 0 Å². The van der Waals surface area contributed by atoms with Crippen molar-refractivity contribution < 1.29 is 28.5 Å². The second kappa shape index (κ2) is 14.8. The summed E-state index contributed by atoms with van der Waals surface area (Å²) in [6, 6.07) is 5.16. The standard InChI is InChI=1S/C30H40Cl2N2O6/c1-18-25(29(35)37-2)26(22-5-3-7-23(31)28(22)32)27(24(34-18)17-39-16-15-38-14-12-33)30(36)40-13-4-6-21(19-8-9-19)20-10-11-20/h3,5,7,19-21,25-26H,4,6,8-17,33H2,1-2H3. The van der Waals surface area contributed by atoms with Gasteiger partial charge in [-0.3, -0.25) is 9.79 Å². The van der Waals surface area contributed by atoms with Crippen LogP contribution in [-0.2, 0) is 28.5 Å². The van der Waals surface area contributed by atoms with E-state index >= 15 is 0 Å². The molecule has 2 unspecified atom stereocenters. The van der Waals surface area contributed by atoms with E-state index in [0.717, 1.165) is 30.6 Å². The van der Waals surface area contributed by atoms with Crippen molar-refractivity contribution in [3.8, 4) is 0 Å². The molecule has 2 fully saturated rings. The fourth-order valence-electron chi connectivity index (χ4n) is 5.75. The van der Waals surface area contributed by atoms with Gasteiger partial charge in [-0.2, -0.15) is 0 Å². The summed E-state index contributed by atoms with van der Waals surface area (Å²) in [5.74, 6) is -0.329. The number of carbonyl (C=O) groups is 2. The normalized spacial score (nSPS) is 21.0. The lowest BCUT2D eigenvalue weighted by atomic mass is 9.75. The summed E-state index contributed by atoms with van der Waals surface area (Å²) in [6.07, 6.45) is 7.15. The molecule has 0 amide bonds. The zero-order valence-electron chi connectivity index (χ0n) is 23.3. The van der Waals surface area contributed by atoms with Gasteiger partial charge in [0.25, 0.3) is 0 Å². The lowest BCUT2D eigenvalue weighted by molar-refractivity contribution is -0.144. The van der Waals surface area contributed by atoms with E-state index in [1.165, 1.54) is 32.8 Å². The first kappa shape index (κ1) is 31.0. The number of esters is 2. The van der Waals surface area contributed by atoms with Crippen LogP contribution in [-0.4, -0.2) is 64.3 Å². The number of nitrogens with zero attached hydrogens (tertiary/aromatic N) is 1. The number of rotatable bonds is 16. The van der Waals surface area contributed by atoms with E-state index in [0.29, 0.717) is 48.4 Å². The quantitative estimate of drug-likeness (QED) is 0.203. The molecule has 2 aliphatic carbocycles. The minimum atomic E-state index is -0.880. The molecule has 40 heavy (non-hydrogen) atoms. The van der Waals surface area contributed by atoms with E-state index in [2.05, 4.69) is 4.99 Å². The highest BCUT2D eigenvalue weighted by Crippen LogP contribution is 2.51. The number of halogens is 2. The molecule has 4 rings (SSSR count). The van der Waals surface area contributed by atoms with Gasteiger partial charge in [0.05, 0.1) is 61.5 Å². The van der Waals surface area contributed by atoms with Crippen molar-refractivity contribution in [2.45, 2.75) is 51.4 Å². The van der Waals surface area contributed by atoms with Gasteiger partial charge in [0.2, 0.25) is 0 Å². The van der Waals surface area contributed by atoms with Crippen LogP contribution in [0.3, 0.4) is 0 Å². The van der Waals surface area contributed by atoms with E-state index in [-0.39, 0.29) is 23.8 Å². The van der Waals surface area contributed by atoms with Crippen molar-refractivity contribution in [3.05, 3.63) is 45.1 Å². The van der Waals surface area contributed by atoms with Gasteiger partial charge in [-0.05, 0) is 74.8 Å². The topological polar surface area (TPSA) is 109 Å². The number of nitrogens with two attached hydrogens (primary N) is 1. The van der Waals surface area contributed by atoms with E-state index in [9.17, 15) is 9.59 Å². The molecule has 1 aromatic carbocycles. The summed E-state index contributed by atoms with van der Waals surface area (Å²) in [5.41, 5.74) is 7.10. The molecule has 220 valence electrons. The zero-order chi connectivity index (χ0) is 28.6. The monoisotopic (exact) mass is 594 g/mol. The smallest absolute Gasteiger partial charge is 0.336 e. The molecule has 1 heterocycles. The summed E-state index contributed by atoms with van der Waals surface area (Å²) in [5, 5.41) is 0.576. The Hall–Kier alpha value is -1.97. The highest BCUT2D eigenvalue weighted by atomic mass is 35.5. The van der Waals surface area contributed by atoms with Gasteiger partial charge < -0.3 is 24.7 Å². The zero-order valence-corrected chi connectivity index (χ0v) is 24.8. The van der Waals surface area contributed by atoms with Crippen LogP contribution in [0.25, 0.3) is 0 Å². The Labute approximate surface area is 246 Å². The van der Waals surface area contributed by atoms with Gasteiger partial charge >= 0.3 is 11.9 Å². The first-order chi connectivity index (χ1) is 19.4. The highest BCUT2D eigenvalue weighted by Gasteiger charge is 2.44. The Morgan fingerprint density at radius 2 is 1.75 bits per heavy atom. The average Bonchev–Trinajstić information content (AvgIpc) is 3.86. The molecule has 0 spiro atoms. The fraction of sp³-hybridized carbons (Fsp3) is 0.633. The van der Waals surface area contributed by atoms with Gasteiger partial charge in [0.15, 0.2) is 0 Å². The fourth-order valence-corrected chi connectivity index (χ4v) is 6.18. The van der Waals surface area contributed by atoms with Crippen LogP contribution in [0.5, 0.6) is 0 Å². The lowest BCUT2D eigenvalue weighted by Crippen LogP contribution is -2.37. The Bertz CT molecular complexity index is 1100. The summed E-state index contributed by atoms with van der Waals surface area (Å²) >= 11 is 13.0. The molecule has 2 N–H and O–H groups in total. The number of hydrogen-bond acceptors (Lipinski definition) is 8. The Kier molecular flexibility index (Phi) is 11.4. The molecule has 1 aromatic rings. The third-order valence-corrected chi connectivity index (χ3v) is 8.78. The molecule has 10 heteroatoms. The van der Waals surface area contributed by atoms with E-state index in [1.807, 2.05) is 0 Å². The molecule has 8 nitrogen and oxygen atoms in total. The van der Waals surface area contributed by atoms with Crippen LogP contribution in [0.4, 0.5) is 0 Å². The van der Waals surface area contributed by atoms with Crippen LogP contribution in [0.15, 0.2) is 34.5 Å². The maximum absolute atomic E-state index is 13.8. The van der Waals surface area contributed by atoms with Gasteiger partial charge in [0, 0.05) is 18.2 Å². The molecule has 1 aliphatic heterocycles. The van der Waals surface area contributed by atoms with Crippen LogP contribution in [0, 0.1) is 23.7 Å². The molecule has 0 saturated heterocycles. The van der Waals surface area contributed by atoms with E-state index in [4.69, 9.17) is 47.9 Å². The maximum atomic E-state index is 13.8. The third kappa shape index (κ3) is 7.85. The second-order valence-corrected chi connectivity index (χ2v) is 11.6. The van der Waals surface area contributed by atoms with Crippen LogP contribution >= 0.6 is 23.2 Å². The van der Waals surface area contributed by atoms with E-state index in [1.54, 1.807) is 25.1 Å². The van der Waals surface area contributed by atoms with Gasteiger partial charge in [-0.1, -0.05) is 35.3 Å². The van der Waals surface area contributed by atoms with Crippen LogP contribution in [0.2, 0.25) is 10.0 Å². The lowest BCUT2D eigenvalue weighted by Gasteiger charge is -2.32. The molecule has 0 radical (unpaired) electrons. The van der Waals surface area contributed by atoms with Crippen molar-refractivity contribution in [1.29, 1.82) is 0 Å². The predicted molar refractivity (Wildman–Crippen MR) is 155 cm³/mol. The van der Waals surface area contributed by atoms with Crippen molar-refractivity contribution >= 4 is 40.9 Å². The molecular weight excluding hydrogens is 555 g/mol. The molecule has 0 aromatic heterocycles. The Morgan fingerprint density at radius 3 is 2.40 bits per heavy atom. The van der Waals surface area contributed by atoms with Gasteiger partial charge in [-0.15, -0.1) is 0 Å². The minimum absolute atomic E-state index is 0.0295. The van der Waals surface area contributed by atoms with Crippen molar-refractivity contribution in [2.24, 2.45) is 34.4 Å². The van der Waals surface area contributed by atoms with Crippen molar-refractivity contribution in [3.63, 3.8) is 0 Å². The summed E-state index contributed by atoms with van der Waals surface area (Å²) < 4.78 is 22.2. The first-order valence-corrected chi connectivity index (χ1v) is 15.0. The van der Waals surface area contributed by atoms with Crippen LogP contribution in [0.1, 0.15) is 56.9 Å². The number of aliphatic imine (C=N–C) groups is 1. The number of ether oxygens (including phenoxy) is 4. The largest absolute Gasteiger partial charge is 0.468 e. The predicted octanol–water partition coefficient (Wildman–Crippen LogP) is 5.35. The Balaban J connectivity index is 1.58. The SMILES string of the molecule is COC(=O)C1C(C)=NC(COCCOCCN)=C(C(=O)OCCCC(C2CC2)C2CC2)C1c1cccc(Cl)c1Cl. The summed E-state index contributed by atoms with van der Waals surface area (Å²) in [6.45, 7) is 3.54. The minimum Gasteiger partial charge on any atom is -0.468 e. The number of benzene rings is 1. The molecule has 2 saturated carbocycles. The third-order valence-electron chi connectivity index (χ3n) is 7.95. The number of hydrogen-bond donors (Lipinski definition) is 1. The average molecular weight is 596 g/mol. The molecule has 3 aliphatic rings.